The SMILES string of the molecule is CC(CC(=O)Nc1ncc(C2CCNCC2)s1)C(C)(C)C. The van der Waals surface area contributed by atoms with E-state index >= 15 is 0 Å². The number of piperidine rings is 1. The zero-order valence-electron chi connectivity index (χ0n) is 13.5. The van der Waals surface area contributed by atoms with Gasteiger partial charge in [0.2, 0.25) is 5.91 Å². The molecule has 2 heterocycles. The first-order chi connectivity index (χ1) is 9.86. The zero-order valence-corrected chi connectivity index (χ0v) is 14.3. The van der Waals surface area contributed by atoms with E-state index in [4.69, 9.17) is 0 Å². The Kier molecular flexibility index (Phi) is 5.38. The van der Waals surface area contributed by atoms with Crippen LogP contribution in [-0.2, 0) is 4.79 Å². The molecule has 0 radical (unpaired) electrons. The van der Waals surface area contributed by atoms with Gasteiger partial charge in [0.05, 0.1) is 0 Å². The Balaban J connectivity index is 1.88. The van der Waals surface area contributed by atoms with Crippen LogP contribution in [0.25, 0.3) is 0 Å². The first kappa shape index (κ1) is 16.4. The number of aromatic nitrogens is 1. The van der Waals surface area contributed by atoms with Gasteiger partial charge in [0.25, 0.3) is 0 Å². The van der Waals surface area contributed by atoms with Gasteiger partial charge in [-0.2, -0.15) is 0 Å². The largest absolute Gasteiger partial charge is 0.317 e. The van der Waals surface area contributed by atoms with E-state index in [0.717, 1.165) is 31.1 Å². The number of rotatable bonds is 4. The van der Waals surface area contributed by atoms with Crippen molar-refractivity contribution in [1.82, 2.24) is 10.3 Å². The minimum Gasteiger partial charge on any atom is -0.317 e. The molecule has 1 aromatic rings. The number of amides is 1. The van der Waals surface area contributed by atoms with Crippen molar-refractivity contribution in [2.45, 2.75) is 52.9 Å². The van der Waals surface area contributed by atoms with Crippen LogP contribution in [0, 0.1) is 11.3 Å². The molecule has 0 aromatic carbocycles. The maximum atomic E-state index is 12.1. The summed E-state index contributed by atoms with van der Waals surface area (Å²) >= 11 is 1.63. The fourth-order valence-electron chi connectivity index (χ4n) is 2.39. The Hall–Kier alpha value is -0.940. The minimum absolute atomic E-state index is 0.0728. The fourth-order valence-corrected chi connectivity index (χ4v) is 3.40. The minimum atomic E-state index is 0.0728. The van der Waals surface area contributed by atoms with Crippen molar-refractivity contribution >= 4 is 22.4 Å². The summed E-state index contributed by atoms with van der Waals surface area (Å²) in [6.07, 6.45) is 4.81. The Labute approximate surface area is 131 Å². The zero-order chi connectivity index (χ0) is 15.5. The first-order valence-electron chi connectivity index (χ1n) is 7.82. The lowest BCUT2D eigenvalue weighted by molar-refractivity contribution is -0.117. The molecule has 1 aliphatic heterocycles. The lowest BCUT2D eigenvalue weighted by atomic mass is 9.80. The van der Waals surface area contributed by atoms with Gasteiger partial charge in [-0.1, -0.05) is 27.7 Å². The van der Waals surface area contributed by atoms with Crippen molar-refractivity contribution in [2.24, 2.45) is 11.3 Å². The smallest absolute Gasteiger partial charge is 0.226 e. The molecular weight excluding hydrogens is 282 g/mol. The van der Waals surface area contributed by atoms with Crippen LogP contribution in [-0.4, -0.2) is 24.0 Å². The summed E-state index contributed by atoms with van der Waals surface area (Å²) in [4.78, 5) is 17.8. The Morgan fingerprint density at radius 1 is 1.48 bits per heavy atom. The van der Waals surface area contributed by atoms with Gasteiger partial charge >= 0.3 is 0 Å². The predicted molar refractivity (Wildman–Crippen MR) is 88.8 cm³/mol. The van der Waals surface area contributed by atoms with Gasteiger partial charge < -0.3 is 10.6 Å². The maximum absolute atomic E-state index is 12.1. The maximum Gasteiger partial charge on any atom is 0.226 e. The fraction of sp³-hybridized carbons (Fsp3) is 0.750. The predicted octanol–water partition coefficient (Wildman–Crippen LogP) is 3.62. The van der Waals surface area contributed by atoms with E-state index in [0.29, 0.717) is 18.3 Å². The third-order valence-corrected chi connectivity index (χ3v) is 5.56. The number of carbonyl (C=O) groups is 1. The molecule has 2 rings (SSSR count). The molecule has 4 nitrogen and oxygen atoms in total. The lowest BCUT2D eigenvalue weighted by Crippen LogP contribution is -2.26. The molecule has 1 saturated heterocycles. The van der Waals surface area contributed by atoms with Crippen LogP contribution < -0.4 is 10.6 Å². The average molecular weight is 309 g/mol. The molecule has 0 aliphatic carbocycles. The molecule has 1 amide bonds. The molecule has 21 heavy (non-hydrogen) atoms. The number of nitrogens with zero attached hydrogens (tertiary/aromatic N) is 1. The van der Waals surface area contributed by atoms with Gasteiger partial charge in [0, 0.05) is 17.5 Å². The van der Waals surface area contributed by atoms with Crippen molar-refractivity contribution in [2.75, 3.05) is 18.4 Å². The molecule has 0 spiro atoms. The van der Waals surface area contributed by atoms with Crippen molar-refractivity contribution in [3.8, 4) is 0 Å². The van der Waals surface area contributed by atoms with Gasteiger partial charge in [-0.05, 0) is 43.2 Å². The Morgan fingerprint density at radius 3 is 2.76 bits per heavy atom. The van der Waals surface area contributed by atoms with E-state index in [-0.39, 0.29) is 11.3 Å². The summed E-state index contributed by atoms with van der Waals surface area (Å²) < 4.78 is 0. The van der Waals surface area contributed by atoms with Gasteiger partial charge in [-0.25, -0.2) is 4.98 Å². The van der Waals surface area contributed by atoms with Gasteiger partial charge in [-0.3, -0.25) is 4.79 Å². The van der Waals surface area contributed by atoms with Crippen LogP contribution >= 0.6 is 11.3 Å². The number of nitrogens with one attached hydrogen (secondary N) is 2. The van der Waals surface area contributed by atoms with Crippen molar-refractivity contribution in [1.29, 1.82) is 0 Å². The topological polar surface area (TPSA) is 54.0 Å². The third-order valence-electron chi connectivity index (χ3n) is 4.48. The Morgan fingerprint density at radius 2 is 2.14 bits per heavy atom. The van der Waals surface area contributed by atoms with Gasteiger partial charge in [-0.15, -0.1) is 11.3 Å². The van der Waals surface area contributed by atoms with E-state index < -0.39 is 0 Å². The van der Waals surface area contributed by atoms with Crippen molar-refractivity contribution < 1.29 is 4.79 Å². The first-order valence-corrected chi connectivity index (χ1v) is 8.64. The van der Waals surface area contributed by atoms with Crippen LogP contribution in [0.4, 0.5) is 5.13 Å². The van der Waals surface area contributed by atoms with Gasteiger partial charge in [0.15, 0.2) is 5.13 Å². The number of anilines is 1. The third kappa shape index (κ3) is 4.78. The van der Waals surface area contributed by atoms with Crippen molar-refractivity contribution in [3.63, 3.8) is 0 Å². The standard InChI is InChI=1S/C16H27N3OS/c1-11(16(2,3)4)9-14(20)19-15-18-10-13(21-15)12-5-7-17-8-6-12/h10-12,17H,5-9H2,1-4H3,(H,18,19,20). The van der Waals surface area contributed by atoms with Crippen LogP contribution in [0.5, 0.6) is 0 Å². The normalized spacial score (nSPS) is 18.5. The highest BCUT2D eigenvalue weighted by Crippen LogP contribution is 2.32. The van der Waals surface area contributed by atoms with Crippen LogP contribution in [0.15, 0.2) is 6.20 Å². The highest BCUT2D eigenvalue weighted by atomic mass is 32.1. The lowest BCUT2D eigenvalue weighted by Gasteiger charge is -2.26. The molecule has 2 N–H and O–H groups in total. The van der Waals surface area contributed by atoms with Gasteiger partial charge in [0.1, 0.15) is 0 Å². The average Bonchev–Trinajstić information content (AvgIpc) is 2.87. The second kappa shape index (κ2) is 6.88. The quantitative estimate of drug-likeness (QED) is 0.893. The van der Waals surface area contributed by atoms with Crippen LogP contribution in [0.1, 0.15) is 57.8 Å². The highest BCUT2D eigenvalue weighted by Gasteiger charge is 2.23. The van der Waals surface area contributed by atoms with E-state index in [1.165, 1.54) is 4.88 Å². The molecule has 0 saturated carbocycles. The number of hydrogen-bond acceptors (Lipinski definition) is 4. The van der Waals surface area contributed by atoms with E-state index in [1.54, 1.807) is 11.3 Å². The second-order valence-corrected chi connectivity index (χ2v) is 8.17. The molecule has 118 valence electrons. The summed E-state index contributed by atoms with van der Waals surface area (Å²) in [7, 11) is 0. The number of hydrogen-bond donors (Lipinski definition) is 2. The molecule has 1 fully saturated rings. The molecule has 1 aromatic heterocycles. The van der Waals surface area contributed by atoms with E-state index in [9.17, 15) is 4.79 Å². The molecule has 1 unspecified atom stereocenters. The van der Waals surface area contributed by atoms with Crippen LogP contribution in [0.2, 0.25) is 0 Å². The summed E-state index contributed by atoms with van der Waals surface area (Å²) in [5.74, 6) is 1.02. The van der Waals surface area contributed by atoms with Crippen molar-refractivity contribution in [3.05, 3.63) is 11.1 Å². The van der Waals surface area contributed by atoms with E-state index in [1.807, 2.05) is 6.20 Å². The highest BCUT2D eigenvalue weighted by molar-refractivity contribution is 7.15. The van der Waals surface area contributed by atoms with E-state index in [2.05, 4.69) is 43.3 Å². The summed E-state index contributed by atoms with van der Waals surface area (Å²) in [5.41, 5.74) is 0.153. The molecular formula is C16H27N3OS. The number of thiazole rings is 1. The summed E-state index contributed by atoms with van der Waals surface area (Å²) in [6.45, 7) is 10.8. The molecule has 0 bridgehead atoms. The number of carbonyl (C=O) groups excluding carboxylic acids is 1. The molecule has 1 atom stereocenters. The van der Waals surface area contributed by atoms with Crippen LogP contribution in [0.3, 0.4) is 0 Å². The second-order valence-electron chi connectivity index (χ2n) is 7.11. The monoisotopic (exact) mass is 309 g/mol. The molecule has 5 heteroatoms. The molecule has 1 aliphatic rings. The summed E-state index contributed by atoms with van der Waals surface area (Å²) in [6, 6.07) is 0. The Bertz CT molecular complexity index is 472. The summed E-state index contributed by atoms with van der Waals surface area (Å²) in [5, 5.41) is 7.08.